The van der Waals surface area contributed by atoms with Crippen LogP contribution in [0.4, 0.5) is 11.6 Å². The zero-order chi connectivity index (χ0) is 25.2. The SMILES string of the molecule is Cc1cc(N)nc(C)c1CNc1ncnc2nn(Cc3ccc(Cn4ccc(C(=O)O)n4)cc3)cc12. The summed E-state index contributed by atoms with van der Waals surface area (Å²) in [6.07, 6.45) is 5.10. The van der Waals surface area contributed by atoms with E-state index >= 15 is 0 Å². The average molecular weight is 484 g/mol. The number of carboxylic acid groups (broad SMARTS) is 1. The Morgan fingerprint density at radius 2 is 1.75 bits per heavy atom. The molecule has 4 N–H and O–H groups in total. The van der Waals surface area contributed by atoms with Gasteiger partial charge in [0.15, 0.2) is 11.3 Å². The van der Waals surface area contributed by atoms with E-state index in [0.29, 0.717) is 36.9 Å². The van der Waals surface area contributed by atoms with Crippen LogP contribution in [-0.4, -0.2) is 45.6 Å². The summed E-state index contributed by atoms with van der Waals surface area (Å²) in [5.41, 5.74) is 11.6. The van der Waals surface area contributed by atoms with Crippen LogP contribution in [0.1, 0.15) is 38.4 Å². The number of hydrogen-bond acceptors (Lipinski definition) is 8. The number of benzene rings is 1. The fraction of sp³-hybridized carbons (Fsp3) is 0.200. The van der Waals surface area contributed by atoms with E-state index in [1.54, 1.807) is 10.9 Å². The number of hydrogen-bond donors (Lipinski definition) is 3. The van der Waals surface area contributed by atoms with Gasteiger partial charge in [-0.25, -0.2) is 19.7 Å². The zero-order valence-corrected chi connectivity index (χ0v) is 19.9. The van der Waals surface area contributed by atoms with Crippen LogP contribution in [0, 0.1) is 13.8 Å². The topological polar surface area (TPSA) is 150 Å². The number of fused-ring (bicyclic) bond motifs is 1. The van der Waals surface area contributed by atoms with Gasteiger partial charge in [0, 0.05) is 24.6 Å². The number of aryl methyl sites for hydroxylation is 2. The van der Waals surface area contributed by atoms with Crippen molar-refractivity contribution in [3.05, 3.63) is 88.8 Å². The van der Waals surface area contributed by atoms with Gasteiger partial charge in [-0.2, -0.15) is 10.2 Å². The molecule has 0 fully saturated rings. The summed E-state index contributed by atoms with van der Waals surface area (Å²) in [5, 5.41) is 21.9. The highest BCUT2D eigenvalue weighted by atomic mass is 16.4. The quantitative estimate of drug-likeness (QED) is 0.303. The van der Waals surface area contributed by atoms with Crippen LogP contribution in [0.5, 0.6) is 0 Å². The molecule has 4 heterocycles. The molecule has 0 aliphatic carbocycles. The molecular formula is C25H25N9O2. The Kier molecular flexibility index (Phi) is 6.03. The summed E-state index contributed by atoms with van der Waals surface area (Å²) in [4.78, 5) is 24.1. The third-order valence-electron chi connectivity index (χ3n) is 5.94. The van der Waals surface area contributed by atoms with E-state index in [0.717, 1.165) is 33.3 Å². The predicted octanol–water partition coefficient (Wildman–Crippen LogP) is 3.02. The van der Waals surface area contributed by atoms with E-state index in [1.165, 1.54) is 12.4 Å². The van der Waals surface area contributed by atoms with Gasteiger partial charge in [-0.1, -0.05) is 24.3 Å². The Morgan fingerprint density at radius 1 is 1.03 bits per heavy atom. The van der Waals surface area contributed by atoms with Gasteiger partial charge in [-0.3, -0.25) is 9.36 Å². The lowest BCUT2D eigenvalue weighted by molar-refractivity contribution is 0.0689. The third kappa shape index (κ3) is 4.85. The number of rotatable bonds is 8. The summed E-state index contributed by atoms with van der Waals surface area (Å²) >= 11 is 0. The zero-order valence-electron chi connectivity index (χ0n) is 19.9. The average Bonchev–Trinajstić information content (AvgIpc) is 3.47. The second kappa shape index (κ2) is 9.45. The second-order valence-electron chi connectivity index (χ2n) is 8.59. The van der Waals surface area contributed by atoms with Gasteiger partial charge in [0.05, 0.1) is 18.5 Å². The number of anilines is 2. The number of carbonyl (C=O) groups is 1. The molecule has 0 saturated carbocycles. The molecule has 5 rings (SSSR count). The van der Waals surface area contributed by atoms with Gasteiger partial charge in [0.2, 0.25) is 0 Å². The van der Waals surface area contributed by atoms with E-state index < -0.39 is 5.97 Å². The Bertz CT molecular complexity index is 1530. The maximum atomic E-state index is 11.0. The highest BCUT2D eigenvalue weighted by Gasteiger charge is 2.12. The lowest BCUT2D eigenvalue weighted by Crippen LogP contribution is -2.08. The first-order valence-corrected chi connectivity index (χ1v) is 11.3. The van der Waals surface area contributed by atoms with Gasteiger partial charge in [0.25, 0.3) is 0 Å². The molecule has 0 unspecified atom stereocenters. The summed E-state index contributed by atoms with van der Waals surface area (Å²) in [5.74, 6) is 0.185. The maximum absolute atomic E-state index is 11.0. The molecule has 0 radical (unpaired) electrons. The van der Waals surface area contributed by atoms with Crippen LogP contribution < -0.4 is 11.1 Å². The Morgan fingerprint density at radius 3 is 2.42 bits per heavy atom. The first kappa shape index (κ1) is 23.0. The minimum absolute atomic E-state index is 0.0322. The van der Waals surface area contributed by atoms with Crippen LogP contribution in [0.2, 0.25) is 0 Å². The molecule has 5 aromatic rings. The number of aromatic nitrogens is 7. The van der Waals surface area contributed by atoms with E-state index in [9.17, 15) is 4.79 Å². The summed E-state index contributed by atoms with van der Waals surface area (Å²) in [6.45, 7) is 5.59. The van der Waals surface area contributed by atoms with Crippen LogP contribution in [0.3, 0.4) is 0 Å². The highest BCUT2D eigenvalue weighted by molar-refractivity contribution is 5.86. The molecule has 11 nitrogen and oxygen atoms in total. The third-order valence-corrected chi connectivity index (χ3v) is 5.94. The lowest BCUT2D eigenvalue weighted by atomic mass is 10.1. The monoisotopic (exact) mass is 483 g/mol. The number of aromatic carboxylic acids is 1. The molecule has 0 bridgehead atoms. The second-order valence-corrected chi connectivity index (χ2v) is 8.59. The molecule has 0 amide bonds. The van der Waals surface area contributed by atoms with Crippen molar-refractivity contribution < 1.29 is 9.90 Å². The minimum atomic E-state index is -1.04. The molecule has 0 saturated heterocycles. The van der Waals surface area contributed by atoms with Crippen molar-refractivity contribution in [2.24, 2.45) is 0 Å². The summed E-state index contributed by atoms with van der Waals surface area (Å²) in [7, 11) is 0. The molecule has 182 valence electrons. The number of pyridine rings is 1. The molecular weight excluding hydrogens is 458 g/mol. The lowest BCUT2D eigenvalue weighted by Gasteiger charge is -2.12. The van der Waals surface area contributed by atoms with Crippen molar-refractivity contribution in [2.75, 3.05) is 11.1 Å². The molecule has 0 aliphatic rings. The van der Waals surface area contributed by atoms with Crippen LogP contribution >= 0.6 is 0 Å². The van der Waals surface area contributed by atoms with Crippen molar-refractivity contribution in [1.82, 2.24) is 34.5 Å². The summed E-state index contributed by atoms with van der Waals surface area (Å²) < 4.78 is 3.45. The number of carboxylic acids is 1. The fourth-order valence-corrected chi connectivity index (χ4v) is 4.12. The first-order valence-electron chi connectivity index (χ1n) is 11.3. The molecule has 36 heavy (non-hydrogen) atoms. The molecule has 1 aromatic carbocycles. The summed E-state index contributed by atoms with van der Waals surface area (Å²) in [6, 6.07) is 11.4. The van der Waals surface area contributed by atoms with Gasteiger partial charge < -0.3 is 16.2 Å². The molecule has 0 atom stereocenters. The molecule has 0 spiro atoms. The van der Waals surface area contributed by atoms with Crippen LogP contribution in [0.25, 0.3) is 11.0 Å². The Hall–Kier alpha value is -4.80. The van der Waals surface area contributed by atoms with Gasteiger partial charge >= 0.3 is 5.97 Å². The predicted molar refractivity (Wildman–Crippen MR) is 135 cm³/mol. The minimum Gasteiger partial charge on any atom is -0.476 e. The van der Waals surface area contributed by atoms with Crippen LogP contribution in [-0.2, 0) is 19.6 Å². The van der Waals surface area contributed by atoms with Crippen LogP contribution in [0.15, 0.2) is 55.1 Å². The number of nitrogens with zero attached hydrogens (tertiary/aromatic N) is 7. The number of nitrogens with one attached hydrogen (secondary N) is 1. The number of nitrogen functional groups attached to an aromatic ring is 1. The number of nitrogens with two attached hydrogens (primary N) is 1. The van der Waals surface area contributed by atoms with Crippen molar-refractivity contribution in [1.29, 1.82) is 0 Å². The molecule has 4 aromatic heterocycles. The molecule has 0 aliphatic heterocycles. The molecule has 11 heteroatoms. The smallest absolute Gasteiger partial charge is 0.356 e. The largest absolute Gasteiger partial charge is 0.476 e. The van der Waals surface area contributed by atoms with Crippen molar-refractivity contribution in [3.63, 3.8) is 0 Å². The van der Waals surface area contributed by atoms with Gasteiger partial charge in [-0.05, 0) is 48.2 Å². The maximum Gasteiger partial charge on any atom is 0.356 e. The standard InChI is InChI=1S/C25H25N9O2/c1-15-9-22(26)30-16(2)19(15)10-27-23-20-13-34(32-24(20)29-14-28-23)12-18-5-3-17(4-6-18)11-33-8-7-21(31-33)25(35)36/h3-9,13-14H,10-12H2,1-2H3,(H2,26,30)(H,35,36)(H,27,28,29,32). The van der Waals surface area contributed by atoms with E-state index in [1.807, 2.05) is 55.1 Å². The normalized spacial score (nSPS) is 11.2. The van der Waals surface area contributed by atoms with Crippen molar-refractivity contribution in [2.45, 2.75) is 33.5 Å². The van der Waals surface area contributed by atoms with Crippen molar-refractivity contribution in [3.8, 4) is 0 Å². The Balaban J connectivity index is 1.28. The van der Waals surface area contributed by atoms with Crippen molar-refractivity contribution >= 4 is 28.6 Å². The highest BCUT2D eigenvalue weighted by Crippen LogP contribution is 2.21. The van der Waals surface area contributed by atoms with Gasteiger partial charge in [-0.15, -0.1) is 0 Å². The van der Waals surface area contributed by atoms with Gasteiger partial charge in [0.1, 0.15) is 18.0 Å². The van der Waals surface area contributed by atoms with E-state index in [2.05, 4.69) is 30.5 Å². The Labute approximate surface area is 206 Å². The first-order chi connectivity index (χ1) is 17.4. The van der Waals surface area contributed by atoms with E-state index in [4.69, 9.17) is 10.8 Å². The van der Waals surface area contributed by atoms with E-state index in [-0.39, 0.29) is 5.69 Å². The fourth-order valence-electron chi connectivity index (χ4n) is 4.12.